The lowest BCUT2D eigenvalue weighted by Crippen LogP contribution is -2.38. The van der Waals surface area contributed by atoms with Gasteiger partial charge in [-0.2, -0.15) is 0 Å². The van der Waals surface area contributed by atoms with E-state index >= 15 is 0 Å². The molecule has 1 atom stereocenters. The van der Waals surface area contributed by atoms with E-state index in [0.29, 0.717) is 18.9 Å². The fourth-order valence-corrected chi connectivity index (χ4v) is 1.14. The number of carbonyl (C=O) groups is 1. The molecule has 0 saturated heterocycles. The third-order valence-electron chi connectivity index (χ3n) is 2.10. The molecule has 0 aromatic rings. The van der Waals surface area contributed by atoms with Crippen LogP contribution in [0.1, 0.15) is 33.6 Å². The van der Waals surface area contributed by atoms with Gasteiger partial charge in [-0.1, -0.05) is 32.9 Å². The summed E-state index contributed by atoms with van der Waals surface area (Å²) in [6.45, 7) is 10.5. The van der Waals surface area contributed by atoms with Crippen LogP contribution in [0.15, 0.2) is 12.2 Å². The maximum atomic E-state index is 10.8. The first-order chi connectivity index (χ1) is 6.47. The van der Waals surface area contributed by atoms with E-state index in [1.54, 1.807) is 0 Å². The van der Waals surface area contributed by atoms with Crippen LogP contribution in [0.4, 0.5) is 0 Å². The van der Waals surface area contributed by atoms with Gasteiger partial charge in [0, 0.05) is 6.54 Å². The number of hydrogen-bond donors (Lipinski definition) is 2. The molecule has 1 unspecified atom stereocenters. The molecular formula is C11H21NO2. The summed E-state index contributed by atoms with van der Waals surface area (Å²) in [5, 5.41) is 11.9. The Morgan fingerprint density at radius 1 is 1.50 bits per heavy atom. The van der Waals surface area contributed by atoms with Crippen molar-refractivity contribution in [2.24, 2.45) is 5.92 Å². The van der Waals surface area contributed by atoms with E-state index in [9.17, 15) is 4.79 Å². The summed E-state index contributed by atoms with van der Waals surface area (Å²) in [5.74, 6) is -0.388. The molecule has 0 aliphatic heterocycles. The normalized spacial score (nSPS) is 12.9. The zero-order valence-corrected chi connectivity index (χ0v) is 9.34. The second kappa shape index (κ2) is 6.60. The lowest BCUT2D eigenvalue weighted by atomic mass is 10.0. The van der Waals surface area contributed by atoms with Crippen molar-refractivity contribution in [3.63, 3.8) is 0 Å². The lowest BCUT2D eigenvalue weighted by molar-refractivity contribution is -0.139. The predicted octanol–water partition coefficient (Wildman–Crippen LogP) is 2.04. The summed E-state index contributed by atoms with van der Waals surface area (Å²) in [6, 6.07) is -0.446. The summed E-state index contributed by atoms with van der Waals surface area (Å²) >= 11 is 0. The standard InChI is InChI=1S/C11H21NO2/c1-5-9(4)7-12-10(11(13)14)6-8(2)3/h8,10,12H,4-7H2,1-3H3,(H,13,14). The minimum absolute atomic E-state index is 0.387. The largest absolute Gasteiger partial charge is 0.480 e. The third kappa shape index (κ3) is 5.75. The topological polar surface area (TPSA) is 49.3 Å². The van der Waals surface area contributed by atoms with Crippen molar-refractivity contribution >= 4 is 5.97 Å². The highest BCUT2D eigenvalue weighted by molar-refractivity contribution is 5.73. The summed E-state index contributed by atoms with van der Waals surface area (Å²) in [7, 11) is 0. The first kappa shape index (κ1) is 13.2. The number of carboxylic acid groups (broad SMARTS) is 1. The molecule has 0 aliphatic carbocycles. The van der Waals surface area contributed by atoms with Crippen LogP contribution in [0.2, 0.25) is 0 Å². The molecule has 0 spiro atoms. The second-order valence-corrected chi connectivity index (χ2v) is 4.00. The summed E-state index contributed by atoms with van der Waals surface area (Å²) in [4.78, 5) is 10.8. The SMILES string of the molecule is C=C(CC)CNC(CC(C)C)C(=O)O. The van der Waals surface area contributed by atoms with Crippen molar-refractivity contribution in [1.82, 2.24) is 5.32 Å². The molecule has 0 aromatic carbocycles. The van der Waals surface area contributed by atoms with Crippen LogP contribution >= 0.6 is 0 Å². The molecular weight excluding hydrogens is 178 g/mol. The van der Waals surface area contributed by atoms with E-state index in [1.165, 1.54) is 0 Å². The van der Waals surface area contributed by atoms with Gasteiger partial charge in [0.1, 0.15) is 6.04 Å². The van der Waals surface area contributed by atoms with Gasteiger partial charge in [0.05, 0.1) is 0 Å². The molecule has 3 nitrogen and oxygen atoms in total. The van der Waals surface area contributed by atoms with Crippen molar-refractivity contribution in [3.8, 4) is 0 Å². The fraction of sp³-hybridized carbons (Fsp3) is 0.727. The molecule has 0 amide bonds. The van der Waals surface area contributed by atoms with Gasteiger partial charge in [-0.3, -0.25) is 4.79 Å². The highest BCUT2D eigenvalue weighted by atomic mass is 16.4. The Hall–Kier alpha value is -0.830. The van der Waals surface area contributed by atoms with Gasteiger partial charge in [-0.15, -0.1) is 0 Å². The second-order valence-electron chi connectivity index (χ2n) is 4.00. The zero-order valence-electron chi connectivity index (χ0n) is 9.34. The average molecular weight is 199 g/mol. The van der Waals surface area contributed by atoms with Crippen LogP contribution in [0, 0.1) is 5.92 Å². The van der Waals surface area contributed by atoms with Gasteiger partial charge in [0.25, 0.3) is 0 Å². The minimum Gasteiger partial charge on any atom is -0.480 e. The molecule has 0 fully saturated rings. The van der Waals surface area contributed by atoms with Crippen LogP contribution in [0.3, 0.4) is 0 Å². The van der Waals surface area contributed by atoms with Gasteiger partial charge in [0.2, 0.25) is 0 Å². The van der Waals surface area contributed by atoms with Crippen molar-refractivity contribution in [2.45, 2.75) is 39.7 Å². The van der Waals surface area contributed by atoms with E-state index in [4.69, 9.17) is 5.11 Å². The monoisotopic (exact) mass is 199 g/mol. The quantitative estimate of drug-likeness (QED) is 0.617. The van der Waals surface area contributed by atoms with E-state index < -0.39 is 12.0 Å². The lowest BCUT2D eigenvalue weighted by Gasteiger charge is -2.16. The van der Waals surface area contributed by atoms with Crippen LogP contribution in [-0.4, -0.2) is 23.7 Å². The highest BCUT2D eigenvalue weighted by Gasteiger charge is 2.17. The van der Waals surface area contributed by atoms with Crippen molar-refractivity contribution in [2.75, 3.05) is 6.54 Å². The van der Waals surface area contributed by atoms with Gasteiger partial charge >= 0.3 is 5.97 Å². The van der Waals surface area contributed by atoms with Gasteiger partial charge in [0.15, 0.2) is 0 Å². The van der Waals surface area contributed by atoms with E-state index in [0.717, 1.165) is 12.0 Å². The predicted molar refractivity (Wildman–Crippen MR) is 58.3 cm³/mol. The maximum absolute atomic E-state index is 10.8. The smallest absolute Gasteiger partial charge is 0.320 e. The Morgan fingerprint density at radius 2 is 2.07 bits per heavy atom. The Labute approximate surface area is 86.2 Å². The summed E-state index contributed by atoms with van der Waals surface area (Å²) < 4.78 is 0. The fourth-order valence-electron chi connectivity index (χ4n) is 1.14. The molecule has 0 bridgehead atoms. The highest BCUT2D eigenvalue weighted by Crippen LogP contribution is 2.05. The number of aliphatic carboxylic acids is 1. The van der Waals surface area contributed by atoms with Gasteiger partial charge in [-0.05, 0) is 18.8 Å². The number of rotatable bonds is 7. The summed E-state index contributed by atoms with van der Waals surface area (Å²) in [5.41, 5.74) is 1.04. The first-order valence-electron chi connectivity index (χ1n) is 5.10. The van der Waals surface area contributed by atoms with Crippen LogP contribution in [-0.2, 0) is 4.79 Å². The molecule has 0 heterocycles. The van der Waals surface area contributed by atoms with E-state index in [1.807, 2.05) is 20.8 Å². The van der Waals surface area contributed by atoms with E-state index in [-0.39, 0.29) is 0 Å². The Balaban J connectivity index is 3.97. The Kier molecular flexibility index (Phi) is 6.21. The van der Waals surface area contributed by atoms with E-state index in [2.05, 4.69) is 11.9 Å². The molecule has 3 heteroatoms. The van der Waals surface area contributed by atoms with Crippen molar-refractivity contribution in [1.29, 1.82) is 0 Å². The molecule has 82 valence electrons. The first-order valence-corrected chi connectivity index (χ1v) is 5.10. The maximum Gasteiger partial charge on any atom is 0.320 e. The van der Waals surface area contributed by atoms with Crippen LogP contribution < -0.4 is 5.32 Å². The molecule has 0 aromatic heterocycles. The van der Waals surface area contributed by atoms with Crippen LogP contribution in [0.5, 0.6) is 0 Å². The molecule has 0 rings (SSSR count). The Morgan fingerprint density at radius 3 is 2.43 bits per heavy atom. The number of nitrogens with one attached hydrogen (secondary N) is 1. The molecule has 2 N–H and O–H groups in total. The molecule has 0 aliphatic rings. The molecule has 14 heavy (non-hydrogen) atoms. The summed E-state index contributed by atoms with van der Waals surface area (Å²) in [6.07, 6.45) is 1.55. The number of carboxylic acids is 1. The van der Waals surface area contributed by atoms with Gasteiger partial charge < -0.3 is 10.4 Å². The van der Waals surface area contributed by atoms with Crippen LogP contribution in [0.25, 0.3) is 0 Å². The number of hydrogen-bond acceptors (Lipinski definition) is 2. The minimum atomic E-state index is -0.775. The van der Waals surface area contributed by atoms with Crippen molar-refractivity contribution < 1.29 is 9.90 Å². The zero-order chi connectivity index (χ0) is 11.1. The Bertz CT molecular complexity index is 199. The molecule has 0 radical (unpaired) electrons. The molecule has 0 saturated carbocycles. The average Bonchev–Trinajstić information content (AvgIpc) is 2.10. The van der Waals surface area contributed by atoms with Gasteiger partial charge in [-0.25, -0.2) is 0 Å². The third-order valence-corrected chi connectivity index (χ3v) is 2.10. The van der Waals surface area contributed by atoms with Crippen molar-refractivity contribution in [3.05, 3.63) is 12.2 Å².